The van der Waals surface area contributed by atoms with E-state index in [0.717, 1.165) is 5.56 Å². The predicted octanol–water partition coefficient (Wildman–Crippen LogP) is 4.46. The molecule has 28 heavy (non-hydrogen) atoms. The van der Waals surface area contributed by atoms with Gasteiger partial charge in [-0.25, -0.2) is 10.2 Å². The van der Waals surface area contributed by atoms with Gasteiger partial charge in [0.05, 0.1) is 23.9 Å². The van der Waals surface area contributed by atoms with Crippen molar-refractivity contribution in [3.8, 4) is 11.3 Å². The van der Waals surface area contributed by atoms with E-state index in [1.807, 2.05) is 19.1 Å². The summed E-state index contributed by atoms with van der Waals surface area (Å²) in [7, 11) is 1.29. The maximum atomic E-state index is 12.1. The molecule has 2 aromatic carbocycles. The number of nitrogens with zero attached hydrogens (tertiary/aromatic N) is 1. The molecule has 6 nitrogen and oxygen atoms in total. The van der Waals surface area contributed by atoms with Gasteiger partial charge in [-0.1, -0.05) is 29.8 Å². The lowest BCUT2D eigenvalue weighted by atomic mass is 10.1. The molecular formula is C21H17ClN2O4. The fourth-order valence-electron chi connectivity index (χ4n) is 2.56. The van der Waals surface area contributed by atoms with Gasteiger partial charge >= 0.3 is 5.97 Å². The molecule has 0 spiro atoms. The van der Waals surface area contributed by atoms with Gasteiger partial charge in [-0.2, -0.15) is 5.10 Å². The highest BCUT2D eigenvalue weighted by atomic mass is 35.5. The van der Waals surface area contributed by atoms with Crippen LogP contribution in [0.25, 0.3) is 11.3 Å². The summed E-state index contributed by atoms with van der Waals surface area (Å²) in [5.41, 5.74) is 4.79. The zero-order valence-electron chi connectivity index (χ0n) is 15.2. The van der Waals surface area contributed by atoms with Crippen LogP contribution in [-0.2, 0) is 4.74 Å². The van der Waals surface area contributed by atoms with E-state index < -0.39 is 5.97 Å². The number of aryl methyl sites for hydroxylation is 1. The Bertz CT molecular complexity index is 1060. The largest absolute Gasteiger partial charge is 0.465 e. The molecule has 0 bridgehead atoms. The molecule has 0 fully saturated rings. The average Bonchev–Trinajstić information content (AvgIpc) is 3.17. The maximum absolute atomic E-state index is 12.1. The zero-order chi connectivity index (χ0) is 20.1. The summed E-state index contributed by atoms with van der Waals surface area (Å²) in [5, 5.41) is 4.22. The van der Waals surface area contributed by atoms with Gasteiger partial charge in [0.1, 0.15) is 11.5 Å². The highest BCUT2D eigenvalue weighted by Crippen LogP contribution is 2.27. The first-order chi connectivity index (χ1) is 13.5. The maximum Gasteiger partial charge on any atom is 0.339 e. The first-order valence-electron chi connectivity index (χ1n) is 8.36. The summed E-state index contributed by atoms with van der Waals surface area (Å²) in [4.78, 5) is 23.9. The lowest BCUT2D eigenvalue weighted by molar-refractivity contribution is 0.0601. The molecular weight excluding hydrogens is 380 g/mol. The first-order valence-corrected chi connectivity index (χ1v) is 8.74. The van der Waals surface area contributed by atoms with Crippen LogP contribution >= 0.6 is 11.6 Å². The number of benzene rings is 2. The summed E-state index contributed by atoms with van der Waals surface area (Å²) in [6.07, 6.45) is 1.40. The van der Waals surface area contributed by atoms with Gasteiger partial charge in [0.25, 0.3) is 5.91 Å². The molecule has 3 rings (SSSR count). The van der Waals surface area contributed by atoms with Gasteiger partial charge in [0, 0.05) is 11.1 Å². The Kier molecular flexibility index (Phi) is 5.91. The van der Waals surface area contributed by atoms with E-state index in [4.69, 9.17) is 20.8 Å². The molecule has 142 valence electrons. The number of amides is 1. The normalized spacial score (nSPS) is 10.8. The molecule has 0 atom stereocenters. The fraction of sp³-hybridized carbons (Fsp3) is 0.0952. The van der Waals surface area contributed by atoms with Crippen LogP contribution in [0.3, 0.4) is 0 Å². The SMILES string of the molecule is COC(=O)c1cc(-c2ccc(/C=N/NC(=O)c3ccccc3C)o2)ccc1Cl. The smallest absolute Gasteiger partial charge is 0.339 e. The second-order valence-electron chi connectivity index (χ2n) is 5.90. The third-order valence-electron chi connectivity index (χ3n) is 4.03. The summed E-state index contributed by atoms with van der Waals surface area (Å²) in [6.45, 7) is 1.85. The molecule has 0 aliphatic heterocycles. The molecule has 7 heteroatoms. The number of furan rings is 1. The minimum Gasteiger partial charge on any atom is -0.465 e. The van der Waals surface area contributed by atoms with Crippen LogP contribution < -0.4 is 5.43 Å². The van der Waals surface area contributed by atoms with Crippen LogP contribution in [-0.4, -0.2) is 25.2 Å². The lowest BCUT2D eigenvalue weighted by Gasteiger charge is -2.04. The molecule has 1 heterocycles. The van der Waals surface area contributed by atoms with Gasteiger partial charge in [0.2, 0.25) is 0 Å². The van der Waals surface area contributed by atoms with Crippen LogP contribution in [0.15, 0.2) is 64.1 Å². The molecule has 0 radical (unpaired) electrons. The summed E-state index contributed by atoms with van der Waals surface area (Å²) < 4.78 is 10.4. The van der Waals surface area contributed by atoms with Crippen molar-refractivity contribution in [2.75, 3.05) is 7.11 Å². The molecule has 3 aromatic rings. The number of esters is 1. The quantitative estimate of drug-likeness (QED) is 0.392. The molecule has 0 aliphatic carbocycles. The first kappa shape index (κ1) is 19.4. The van der Waals surface area contributed by atoms with Crippen molar-refractivity contribution < 1.29 is 18.7 Å². The minimum absolute atomic E-state index is 0.249. The topological polar surface area (TPSA) is 80.9 Å². The minimum atomic E-state index is -0.529. The number of hydrogen-bond acceptors (Lipinski definition) is 5. The zero-order valence-corrected chi connectivity index (χ0v) is 16.0. The molecule has 0 saturated heterocycles. The number of nitrogens with one attached hydrogen (secondary N) is 1. The standard InChI is InChI=1S/C21H17ClN2O4/c1-13-5-3-4-6-16(13)20(25)24-23-12-15-8-10-19(28-15)14-7-9-18(22)17(11-14)21(26)27-2/h3-12H,1-2H3,(H,24,25)/b23-12+. The van der Waals surface area contributed by atoms with Gasteiger partial charge in [-0.3, -0.25) is 4.79 Å². The Morgan fingerprint density at radius 2 is 1.89 bits per heavy atom. The monoisotopic (exact) mass is 396 g/mol. The third-order valence-corrected chi connectivity index (χ3v) is 4.36. The number of carbonyl (C=O) groups excluding carboxylic acids is 2. The molecule has 0 unspecified atom stereocenters. The second kappa shape index (κ2) is 8.54. The fourth-order valence-corrected chi connectivity index (χ4v) is 2.76. The van der Waals surface area contributed by atoms with Crippen molar-refractivity contribution in [2.45, 2.75) is 6.92 Å². The van der Waals surface area contributed by atoms with Crippen LogP contribution in [0.2, 0.25) is 5.02 Å². The molecule has 1 N–H and O–H groups in total. The Labute approximate surface area is 166 Å². The van der Waals surface area contributed by atoms with Crippen molar-refractivity contribution in [1.82, 2.24) is 5.43 Å². The molecule has 1 amide bonds. The van der Waals surface area contributed by atoms with Crippen molar-refractivity contribution >= 4 is 29.7 Å². The molecule has 0 aliphatic rings. The van der Waals surface area contributed by atoms with Gasteiger partial charge in [-0.05, 0) is 48.9 Å². The Balaban J connectivity index is 1.72. The van der Waals surface area contributed by atoms with E-state index in [0.29, 0.717) is 27.7 Å². The summed E-state index contributed by atoms with van der Waals surface area (Å²) >= 11 is 6.03. The van der Waals surface area contributed by atoms with Crippen molar-refractivity contribution in [3.63, 3.8) is 0 Å². The van der Waals surface area contributed by atoms with E-state index in [9.17, 15) is 9.59 Å². The number of halogens is 1. The van der Waals surface area contributed by atoms with E-state index in [1.54, 1.807) is 42.5 Å². The van der Waals surface area contributed by atoms with Crippen LogP contribution in [0, 0.1) is 6.92 Å². The van der Waals surface area contributed by atoms with Gasteiger partial charge in [0.15, 0.2) is 0 Å². The third kappa shape index (κ3) is 4.29. The molecule has 1 aromatic heterocycles. The predicted molar refractivity (Wildman–Crippen MR) is 107 cm³/mol. The van der Waals surface area contributed by atoms with Crippen molar-refractivity contribution in [1.29, 1.82) is 0 Å². The van der Waals surface area contributed by atoms with E-state index in [2.05, 4.69) is 10.5 Å². The number of hydrazone groups is 1. The Morgan fingerprint density at radius 3 is 2.64 bits per heavy atom. The van der Waals surface area contributed by atoms with Gasteiger partial charge < -0.3 is 9.15 Å². The number of carbonyl (C=O) groups is 2. The van der Waals surface area contributed by atoms with Crippen LogP contribution in [0.4, 0.5) is 0 Å². The van der Waals surface area contributed by atoms with E-state index >= 15 is 0 Å². The Hall–Kier alpha value is -3.38. The second-order valence-corrected chi connectivity index (χ2v) is 6.31. The van der Waals surface area contributed by atoms with Crippen molar-refractivity contribution in [2.24, 2.45) is 5.10 Å². The van der Waals surface area contributed by atoms with Crippen LogP contribution in [0.5, 0.6) is 0 Å². The number of ether oxygens (including phenoxy) is 1. The highest BCUT2D eigenvalue weighted by Gasteiger charge is 2.13. The van der Waals surface area contributed by atoms with E-state index in [-0.39, 0.29) is 11.5 Å². The van der Waals surface area contributed by atoms with Crippen molar-refractivity contribution in [3.05, 3.63) is 82.1 Å². The average molecular weight is 397 g/mol. The number of methoxy groups -OCH3 is 1. The van der Waals surface area contributed by atoms with Gasteiger partial charge in [-0.15, -0.1) is 0 Å². The summed E-state index contributed by atoms with van der Waals surface area (Å²) in [6, 6.07) is 15.6. The van der Waals surface area contributed by atoms with Crippen LogP contribution in [0.1, 0.15) is 32.0 Å². The lowest BCUT2D eigenvalue weighted by Crippen LogP contribution is -2.18. The highest BCUT2D eigenvalue weighted by molar-refractivity contribution is 6.33. The summed E-state index contributed by atoms with van der Waals surface area (Å²) in [5.74, 6) is 0.129. The Morgan fingerprint density at radius 1 is 1.11 bits per heavy atom. The number of rotatable bonds is 5. The van der Waals surface area contributed by atoms with E-state index in [1.165, 1.54) is 13.3 Å². The molecule has 0 saturated carbocycles. The number of hydrogen-bond donors (Lipinski definition) is 1.